The van der Waals surface area contributed by atoms with Crippen LogP contribution in [-0.2, 0) is 0 Å². The molecule has 1 saturated heterocycles. The first-order valence-corrected chi connectivity index (χ1v) is 11.0. The fraction of sp³-hybridized carbons (Fsp3) is 0.292. The van der Waals surface area contributed by atoms with Crippen LogP contribution in [0.3, 0.4) is 0 Å². The zero-order chi connectivity index (χ0) is 23.7. The molecule has 0 radical (unpaired) electrons. The van der Waals surface area contributed by atoms with Gasteiger partial charge in [0.1, 0.15) is 5.75 Å². The summed E-state index contributed by atoms with van der Waals surface area (Å²) in [5.74, 6) is 0.267. The number of pyridine rings is 2. The second-order valence-corrected chi connectivity index (χ2v) is 8.26. The van der Waals surface area contributed by atoms with Gasteiger partial charge < -0.3 is 15.0 Å². The highest BCUT2D eigenvalue weighted by Gasteiger charge is 2.31. The number of nitrogens with zero attached hydrogens (tertiary/aromatic N) is 5. The van der Waals surface area contributed by atoms with Crippen LogP contribution in [0.5, 0.6) is 5.75 Å². The summed E-state index contributed by atoms with van der Waals surface area (Å²) in [7, 11) is 0. The van der Waals surface area contributed by atoms with E-state index in [1.54, 1.807) is 22.8 Å². The Morgan fingerprint density at radius 3 is 2.53 bits per heavy atom. The molecule has 5 rings (SSSR count). The number of aromatic nitrogens is 4. The Labute approximate surface area is 194 Å². The summed E-state index contributed by atoms with van der Waals surface area (Å²) in [5, 5.41) is 7.99. The molecule has 0 amide bonds. The van der Waals surface area contributed by atoms with E-state index < -0.39 is 6.36 Å². The fourth-order valence-corrected chi connectivity index (χ4v) is 4.22. The molecule has 10 heteroatoms. The minimum absolute atomic E-state index is 0.249. The summed E-state index contributed by atoms with van der Waals surface area (Å²) >= 11 is 0. The highest BCUT2D eigenvalue weighted by Crippen LogP contribution is 2.29. The Hall–Kier alpha value is -3.82. The third kappa shape index (κ3) is 4.90. The third-order valence-corrected chi connectivity index (χ3v) is 5.83. The predicted molar refractivity (Wildman–Crippen MR) is 123 cm³/mol. The lowest BCUT2D eigenvalue weighted by atomic mass is 10.0. The monoisotopic (exact) mass is 468 g/mol. The Bertz CT molecular complexity index is 1280. The number of alkyl halides is 3. The van der Waals surface area contributed by atoms with Crippen molar-refractivity contribution in [3.05, 3.63) is 66.6 Å². The molecule has 1 fully saturated rings. The van der Waals surface area contributed by atoms with Gasteiger partial charge in [0.05, 0.1) is 0 Å². The maximum atomic E-state index is 12.4. The van der Waals surface area contributed by atoms with Crippen molar-refractivity contribution in [3.8, 4) is 16.9 Å². The molecule has 0 spiro atoms. The number of fused-ring (bicyclic) bond motifs is 1. The van der Waals surface area contributed by atoms with E-state index in [4.69, 9.17) is 0 Å². The Morgan fingerprint density at radius 2 is 1.82 bits per heavy atom. The molecule has 34 heavy (non-hydrogen) atoms. The smallest absolute Gasteiger partial charge is 0.406 e. The van der Waals surface area contributed by atoms with Gasteiger partial charge in [0.25, 0.3) is 0 Å². The number of benzene rings is 1. The van der Waals surface area contributed by atoms with Crippen LogP contribution in [0, 0.1) is 6.92 Å². The van der Waals surface area contributed by atoms with Crippen LogP contribution in [0.2, 0.25) is 0 Å². The number of hydrogen-bond acceptors (Lipinski definition) is 6. The second-order valence-electron chi connectivity index (χ2n) is 8.26. The maximum Gasteiger partial charge on any atom is 0.573 e. The third-order valence-electron chi connectivity index (χ3n) is 5.83. The number of hydrogen-bond donors (Lipinski definition) is 1. The number of aryl methyl sites for hydroxylation is 1. The number of anilines is 2. The molecule has 0 bridgehead atoms. The van der Waals surface area contributed by atoms with Crippen molar-refractivity contribution in [2.45, 2.75) is 32.2 Å². The van der Waals surface area contributed by atoms with E-state index in [9.17, 15) is 13.2 Å². The molecule has 0 unspecified atom stereocenters. The average Bonchev–Trinajstić information content (AvgIpc) is 3.22. The number of ether oxygens (including phenoxy) is 1. The van der Waals surface area contributed by atoms with Crippen molar-refractivity contribution in [2.24, 2.45) is 0 Å². The van der Waals surface area contributed by atoms with Crippen molar-refractivity contribution >= 4 is 17.3 Å². The molecule has 7 nitrogen and oxygen atoms in total. The van der Waals surface area contributed by atoms with E-state index in [0.29, 0.717) is 11.6 Å². The summed E-state index contributed by atoms with van der Waals surface area (Å²) in [6.07, 6.45) is 0.813. The van der Waals surface area contributed by atoms with Crippen LogP contribution >= 0.6 is 0 Å². The summed E-state index contributed by atoms with van der Waals surface area (Å²) in [6.45, 7) is 3.84. The van der Waals surface area contributed by atoms with Gasteiger partial charge in [0.2, 0.25) is 5.95 Å². The molecule has 1 N–H and O–H groups in total. The molecule has 4 aromatic rings. The van der Waals surface area contributed by atoms with E-state index >= 15 is 0 Å². The molecule has 1 aliphatic heterocycles. The molecular weight excluding hydrogens is 445 g/mol. The van der Waals surface area contributed by atoms with Gasteiger partial charge in [-0.15, -0.1) is 18.3 Å². The second kappa shape index (κ2) is 8.85. The van der Waals surface area contributed by atoms with E-state index in [-0.39, 0.29) is 11.8 Å². The summed E-state index contributed by atoms with van der Waals surface area (Å²) < 4.78 is 42.9. The first kappa shape index (κ1) is 22.0. The highest BCUT2D eigenvalue weighted by atomic mass is 19.4. The summed E-state index contributed by atoms with van der Waals surface area (Å²) in [6, 6.07) is 13.8. The van der Waals surface area contributed by atoms with Crippen molar-refractivity contribution < 1.29 is 17.9 Å². The van der Waals surface area contributed by atoms with Crippen LogP contribution in [0.1, 0.15) is 18.5 Å². The first-order valence-electron chi connectivity index (χ1n) is 11.0. The highest BCUT2D eigenvalue weighted by molar-refractivity contribution is 5.78. The van der Waals surface area contributed by atoms with Crippen molar-refractivity contribution in [2.75, 3.05) is 23.3 Å². The SMILES string of the molecule is Cc1cc(N2CCC(Nc3nc4c(-c5ccc(OC(F)(F)F)cc5)cccn4n3)CC2)ccn1. The van der Waals surface area contributed by atoms with E-state index in [1.807, 2.05) is 31.3 Å². The van der Waals surface area contributed by atoms with Crippen molar-refractivity contribution in [1.82, 2.24) is 19.6 Å². The molecule has 0 saturated carbocycles. The Kier molecular flexibility index (Phi) is 5.72. The quantitative estimate of drug-likeness (QED) is 0.441. The van der Waals surface area contributed by atoms with Crippen LogP contribution in [0.4, 0.5) is 24.8 Å². The van der Waals surface area contributed by atoms with Gasteiger partial charge in [-0.05, 0) is 61.7 Å². The molecule has 0 atom stereocenters. The molecule has 1 aliphatic rings. The van der Waals surface area contributed by atoms with E-state index in [2.05, 4.69) is 36.1 Å². The van der Waals surface area contributed by atoms with Gasteiger partial charge in [0.15, 0.2) is 5.65 Å². The van der Waals surface area contributed by atoms with Gasteiger partial charge >= 0.3 is 6.36 Å². The lowest BCUT2D eigenvalue weighted by molar-refractivity contribution is -0.274. The lowest BCUT2D eigenvalue weighted by Crippen LogP contribution is -2.39. The van der Waals surface area contributed by atoms with Gasteiger partial charge in [-0.1, -0.05) is 12.1 Å². The van der Waals surface area contributed by atoms with Crippen LogP contribution in [-0.4, -0.2) is 45.1 Å². The van der Waals surface area contributed by atoms with Gasteiger partial charge in [-0.3, -0.25) is 4.98 Å². The minimum atomic E-state index is -4.72. The van der Waals surface area contributed by atoms with Gasteiger partial charge in [0, 0.05) is 48.5 Å². The van der Waals surface area contributed by atoms with Crippen LogP contribution < -0.4 is 15.0 Å². The maximum absolute atomic E-state index is 12.4. The van der Waals surface area contributed by atoms with Gasteiger partial charge in [-0.25, -0.2) is 4.52 Å². The van der Waals surface area contributed by atoms with Gasteiger partial charge in [-0.2, -0.15) is 4.98 Å². The number of rotatable bonds is 5. The molecule has 1 aromatic carbocycles. The molecule has 3 aromatic heterocycles. The summed E-state index contributed by atoms with van der Waals surface area (Å²) in [5.41, 5.74) is 4.31. The number of halogens is 3. The zero-order valence-corrected chi connectivity index (χ0v) is 18.5. The lowest BCUT2D eigenvalue weighted by Gasteiger charge is -2.33. The largest absolute Gasteiger partial charge is 0.573 e. The average molecular weight is 468 g/mol. The van der Waals surface area contributed by atoms with Crippen molar-refractivity contribution in [3.63, 3.8) is 0 Å². The number of piperidine rings is 1. The molecular formula is C24H23F3N6O. The standard InChI is InChI=1S/C24H23F3N6O/c1-16-15-19(8-11-28-16)32-13-9-18(10-14-32)29-23-30-22-21(3-2-12-33(22)31-23)17-4-6-20(7-5-17)34-24(25,26)27/h2-8,11-12,15,18H,9-10,13-14H2,1H3,(H,29,31). The van der Waals surface area contributed by atoms with Crippen LogP contribution in [0.15, 0.2) is 60.9 Å². The van der Waals surface area contributed by atoms with Crippen molar-refractivity contribution in [1.29, 1.82) is 0 Å². The zero-order valence-electron chi connectivity index (χ0n) is 18.5. The first-order chi connectivity index (χ1) is 16.3. The van der Waals surface area contributed by atoms with E-state index in [1.165, 1.54) is 17.8 Å². The summed E-state index contributed by atoms with van der Waals surface area (Å²) in [4.78, 5) is 11.3. The number of nitrogens with one attached hydrogen (secondary N) is 1. The predicted octanol–water partition coefficient (Wildman–Crippen LogP) is 5.08. The normalized spacial score (nSPS) is 15.0. The minimum Gasteiger partial charge on any atom is -0.406 e. The molecule has 176 valence electrons. The molecule has 4 heterocycles. The van der Waals surface area contributed by atoms with Crippen LogP contribution in [0.25, 0.3) is 16.8 Å². The Balaban J connectivity index is 1.28. The van der Waals surface area contributed by atoms with E-state index in [0.717, 1.165) is 42.8 Å². The topological polar surface area (TPSA) is 67.6 Å². The molecule has 0 aliphatic carbocycles. The fourth-order valence-electron chi connectivity index (χ4n) is 4.22. The Morgan fingerprint density at radius 1 is 1.06 bits per heavy atom.